The van der Waals surface area contributed by atoms with E-state index in [-0.39, 0.29) is 0 Å². The summed E-state index contributed by atoms with van der Waals surface area (Å²) in [6.07, 6.45) is 0.746. The fourth-order valence-electron chi connectivity index (χ4n) is 0.949. The Hall–Kier alpha value is -1.62. The minimum atomic E-state index is 0.466. The highest BCUT2D eigenvalue weighted by atomic mass is 14.7. The van der Waals surface area contributed by atoms with Crippen LogP contribution < -0.4 is 0 Å². The number of hydrogen-bond acceptors (Lipinski definition) is 2. The lowest BCUT2D eigenvalue weighted by Gasteiger charge is -1.98. The molecular formula is C10H10N2. The SMILES string of the molecule is C=C(C)Cc1cccc(C#N)n1. The van der Waals surface area contributed by atoms with Crippen molar-refractivity contribution in [1.82, 2.24) is 4.98 Å². The van der Waals surface area contributed by atoms with Gasteiger partial charge >= 0.3 is 0 Å². The Morgan fingerprint density at radius 3 is 3.00 bits per heavy atom. The summed E-state index contributed by atoms with van der Waals surface area (Å²) in [4.78, 5) is 4.11. The number of allylic oxidation sites excluding steroid dienone is 1. The average molecular weight is 158 g/mol. The number of hydrogen-bond donors (Lipinski definition) is 0. The van der Waals surface area contributed by atoms with Gasteiger partial charge < -0.3 is 0 Å². The van der Waals surface area contributed by atoms with Crippen molar-refractivity contribution in [2.24, 2.45) is 0 Å². The highest BCUT2D eigenvalue weighted by Crippen LogP contribution is 2.03. The third-order valence-corrected chi connectivity index (χ3v) is 1.40. The van der Waals surface area contributed by atoms with Gasteiger partial charge in [-0.25, -0.2) is 4.98 Å². The smallest absolute Gasteiger partial charge is 0.140 e. The number of nitriles is 1. The quantitative estimate of drug-likeness (QED) is 0.618. The molecule has 2 heteroatoms. The number of nitrogens with zero attached hydrogens (tertiary/aromatic N) is 2. The highest BCUT2D eigenvalue weighted by molar-refractivity contribution is 5.23. The van der Waals surface area contributed by atoms with Crippen LogP contribution in [0.3, 0.4) is 0 Å². The van der Waals surface area contributed by atoms with Gasteiger partial charge in [-0.3, -0.25) is 0 Å². The van der Waals surface area contributed by atoms with E-state index in [0.717, 1.165) is 17.7 Å². The first-order valence-electron chi connectivity index (χ1n) is 3.73. The first-order valence-corrected chi connectivity index (χ1v) is 3.73. The summed E-state index contributed by atoms with van der Waals surface area (Å²) in [5.41, 5.74) is 2.42. The van der Waals surface area contributed by atoms with Gasteiger partial charge in [0.25, 0.3) is 0 Å². The predicted octanol–water partition coefficient (Wildman–Crippen LogP) is 2.07. The van der Waals surface area contributed by atoms with Gasteiger partial charge in [0.1, 0.15) is 11.8 Å². The minimum Gasteiger partial charge on any atom is -0.242 e. The molecule has 60 valence electrons. The molecule has 0 amide bonds. The van der Waals surface area contributed by atoms with Crippen LogP contribution in [0.15, 0.2) is 30.4 Å². The molecule has 0 N–H and O–H groups in total. The van der Waals surface area contributed by atoms with Crippen molar-refractivity contribution in [3.8, 4) is 6.07 Å². The molecule has 0 aromatic carbocycles. The number of pyridine rings is 1. The van der Waals surface area contributed by atoms with Gasteiger partial charge in [-0.2, -0.15) is 5.26 Å². The van der Waals surface area contributed by atoms with Crippen LogP contribution in [0, 0.1) is 11.3 Å². The maximum absolute atomic E-state index is 8.56. The second-order valence-electron chi connectivity index (χ2n) is 2.76. The molecule has 0 fully saturated rings. The molecular weight excluding hydrogens is 148 g/mol. The van der Waals surface area contributed by atoms with Crippen LogP contribution in [0.4, 0.5) is 0 Å². The predicted molar refractivity (Wildman–Crippen MR) is 47.5 cm³/mol. The van der Waals surface area contributed by atoms with Gasteiger partial charge in [0.05, 0.1) is 0 Å². The Bertz CT molecular complexity index is 334. The molecule has 0 aliphatic heterocycles. The average Bonchev–Trinajstić information content (AvgIpc) is 2.03. The number of rotatable bonds is 2. The summed E-state index contributed by atoms with van der Waals surface area (Å²) in [6, 6.07) is 7.43. The molecule has 1 heterocycles. The molecule has 1 aromatic rings. The molecule has 2 nitrogen and oxygen atoms in total. The van der Waals surface area contributed by atoms with Crippen LogP contribution in [0.2, 0.25) is 0 Å². The first kappa shape index (κ1) is 8.48. The van der Waals surface area contributed by atoms with E-state index in [4.69, 9.17) is 5.26 Å². The molecule has 0 saturated heterocycles. The molecule has 0 radical (unpaired) electrons. The van der Waals surface area contributed by atoms with Crippen LogP contribution in [-0.4, -0.2) is 4.98 Å². The molecule has 0 unspecified atom stereocenters. The third-order valence-electron chi connectivity index (χ3n) is 1.40. The summed E-state index contributed by atoms with van der Waals surface area (Å²) in [5.74, 6) is 0. The molecule has 0 saturated carbocycles. The first-order chi connectivity index (χ1) is 5.72. The molecule has 0 aliphatic carbocycles. The zero-order valence-corrected chi connectivity index (χ0v) is 7.04. The fourth-order valence-corrected chi connectivity index (χ4v) is 0.949. The molecule has 0 spiro atoms. The van der Waals surface area contributed by atoms with Crippen LogP contribution in [-0.2, 0) is 6.42 Å². The van der Waals surface area contributed by atoms with Crippen molar-refractivity contribution in [1.29, 1.82) is 5.26 Å². The van der Waals surface area contributed by atoms with Gasteiger partial charge in [-0.15, -0.1) is 0 Å². The Morgan fingerprint density at radius 1 is 1.67 bits per heavy atom. The van der Waals surface area contributed by atoms with Crippen LogP contribution in [0.5, 0.6) is 0 Å². The molecule has 0 aliphatic rings. The zero-order chi connectivity index (χ0) is 8.97. The van der Waals surface area contributed by atoms with Gasteiger partial charge in [-0.1, -0.05) is 18.2 Å². The van der Waals surface area contributed by atoms with E-state index < -0.39 is 0 Å². The van der Waals surface area contributed by atoms with Crippen LogP contribution >= 0.6 is 0 Å². The molecule has 1 rings (SSSR count). The lowest BCUT2D eigenvalue weighted by molar-refractivity contribution is 1.04. The van der Waals surface area contributed by atoms with Crippen molar-refractivity contribution in [3.05, 3.63) is 41.7 Å². The van der Waals surface area contributed by atoms with E-state index in [0.29, 0.717) is 5.69 Å². The van der Waals surface area contributed by atoms with Crippen LogP contribution in [0.1, 0.15) is 18.3 Å². The molecule has 0 bridgehead atoms. The summed E-state index contributed by atoms with van der Waals surface area (Å²) in [7, 11) is 0. The van der Waals surface area contributed by atoms with Crippen molar-refractivity contribution in [2.75, 3.05) is 0 Å². The van der Waals surface area contributed by atoms with Crippen LogP contribution in [0.25, 0.3) is 0 Å². The maximum atomic E-state index is 8.56. The van der Waals surface area contributed by atoms with Gasteiger partial charge in [0.2, 0.25) is 0 Å². The second kappa shape index (κ2) is 3.68. The standard InChI is InChI=1S/C10H10N2/c1-8(2)6-9-4-3-5-10(7-11)12-9/h3-5H,1,6H2,2H3. The second-order valence-corrected chi connectivity index (χ2v) is 2.76. The van der Waals surface area contributed by atoms with E-state index in [1.54, 1.807) is 6.07 Å². The topological polar surface area (TPSA) is 36.7 Å². The van der Waals surface area contributed by atoms with Crippen molar-refractivity contribution in [2.45, 2.75) is 13.3 Å². The number of aromatic nitrogens is 1. The lowest BCUT2D eigenvalue weighted by atomic mass is 10.2. The minimum absolute atomic E-state index is 0.466. The van der Waals surface area contributed by atoms with E-state index >= 15 is 0 Å². The molecule has 0 atom stereocenters. The lowest BCUT2D eigenvalue weighted by Crippen LogP contribution is -1.92. The molecule has 12 heavy (non-hydrogen) atoms. The Labute approximate surface area is 72.2 Å². The monoisotopic (exact) mass is 158 g/mol. The van der Waals surface area contributed by atoms with E-state index in [1.807, 2.05) is 25.1 Å². The summed E-state index contributed by atoms with van der Waals surface area (Å²) >= 11 is 0. The van der Waals surface area contributed by atoms with Crippen molar-refractivity contribution < 1.29 is 0 Å². The molecule has 1 aromatic heterocycles. The maximum Gasteiger partial charge on any atom is 0.140 e. The van der Waals surface area contributed by atoms with Crippen molar-refractivity contribution >= 4 is 0 Å². The van der Waals surface area contributed by atoms with Gasteiger partial charge in [0, 0.05) is 12.1 Å². The van der Waals surface area contributed by atoms with E-state index in [2.05, 4.69) is 11.6 Å². The third kappa shape index (κ3) is 2.21. The summed E-state index contributed by atoms with van der Waals surface area (Å²) < 4.78 is 0. The Morgan fingerprint density at radius 2 is 2.42 bits per heavy atom. The van der Waals surface area contributed by atoms with Gasteiger partial charge in [-0.05, 0) is 19.1 Å². The largest absolute Gasteiger partial charge is 0.242 e. The van der Waals surface area contributed by atoms with E-state index in [1.165, 1.54) is 0 Å². The van der Waals surface area contributed by atoms with E-state index in [9.17, 15) is 0 Å². The fraction of sp³-hybridized carbons (Fsp3) is 0.200. The van der Waals surface area contributed by atoms with Gasteiger partial charge in [0.15, 0.2) is 0 Å². The zero-order valence-electron chi connectivity index (χ0n) is 7.04. The Balaban J connectivity index is 2.88. The van der Waals surface area contributed by atoms with Crippen molar-refractivity contribution in [3.63, 3.8) is 0 Å². The summed E-state index contributed by atoms with van der Waals surface area (Å²) in [6.45, 7) is 5.73. The summed E-state index contributed by atoms with van der Waals surface area (Å²) in [5, 5.41) is 8.56. The normalized spacial score (nSPS) is 9.00. The Kier molecular flexibility index (Phi) is 2.60. The highest BCUT2D eigenvalue weighted by Gasteiger charge is 1.96.